The van der Waals surface area contributed by atoms with Gasteiger partial charge < -0.3 is 5.11 Å². The predicted molar refractivity (Wildman–Crippen MR) is 110 cm³/mol. The Bertz CT molecular complexity index is 775. The Morgan fingerprint density at radius 1 is 1.04 bits per heavy atom. The quantitative estimate of drug-likeness (QED) is 0.685. The zero-order chi connectivity index (χ0) is 20.5. The van der Waals surface area contributed by atoms with Gasteiger partial charge >= 0.3 is 10.1 Å². The van der Waals surface area contributed by atoms with E-state index in [1.54, 1.807) is 0 Å². The zero-order valence-electron chi connectivity index (χ0n) is 18.1. The molecular weight excluding hydrogens is 374 g/mol. The van der Waals surface area contributed by atoms with Crippen molar-refractivity contribution in [2.45, 2.75) is 84.7 Å². The molecule has 0 aromatic rings. The van der Waals surface area contributed by atoms with Gasteiger partial charge in [0.1, 0.15) is 0 Å². The van der Waals surface area contributed by atoms with Crippen molar-refractivity contribution in [3.8, 4) is 0 Å². The second kappa shape index (κ2) is 6.44. The van der Waals surface area contributed by atoms with Crippen molar-refractivity contribution < 1.29 is 17.8 Å². The molecule has 4 aliphatic carbocycles. The number of nitrogens with zero attached hydrogens (tertiary/aromatic N) is 1. The van der Waals surface area contributed by atoms with Gasteiger partial charge in [-0.3, -0.25) is 4.28 Å². The van der Waals surface area contributed by atoms with Crippen LogP contribution in [-0.4, -0.2) is 31.1 Å². The molecule has 28 heavy (non-hydrogen) atoms. The average molecular weight is 412 g/mol. The van der Waals surface area contributed by atoms with Crippen molar-refractivity contribution in [1.82, 2.24) is 0 Å². The van der Waals surface area contributed by atoms with E-state index in [0.717, 1.165) is 44.1 Å². The Hall–Kier alpha value is -0.620. The van der Waals surface area contributed by atoms with Crippen LogP contribution >= 0.6 is 0 Å². The first-order valence-electron chi connectivity index (χ1n) is 11.1. The number of oxime groups is 1. The maximum absolute atomic E-state index is 11.3. The van der Waals surface area contributed by atoms with Crippen molar-refractivity contribution in [2.75, 3.05) is 6.26 Å². The number of hydrogen-bond acceptors (Lipinski definition) is 5. The fraction of sp³-hybridized carbons (Fsp3) is 0.955. The van der Waals surface area contributed by atoms with E-state index < -0.39 is 15.7 Å². The third-order valence-electron chi connectivity index (χ3n) is 9.91. The number of aliphatic hydroxyl groups is 1. The summed E-state index contributed by atoms with van der Waals surface area (Å²) in [7, 11) is -3.54. The number of fused-ring (bicyclic) bond motifs is 5. The van der Waals surface area contributed by atoms with Crippen molar-refractivity contribution >= 4 is 15.8 Å². The number of hydrogen-bond donors (Lipinski definition) is 1. The molecule has 0 heterocycles. The molecule has 4 rings (SSSR count). The average Bonchev–Trinajstić information content (AvgIpc) is 2.83. The van der Waals surface area contributed by atoms with Gasteiger partial charge in [0, 0.05) is 0 Å². The summed E-state index contributed by atoms with van der Waals surface area (Å²) in [6.45, 7) is 9.22. The Labute approximate surface area is 170 Å². The molecule has 0 radical (unpaired) electrons. The lowest BCUT2D eigenvalue weighted by Gasteiger charge is -2.62. The summed E-state index contributed by atoms with van der Waals surface area (Å²) >= 11 is 0. The first kappa shape index (κ1) is 20.6. The molecule has 0 aromatic heterocycles. The molecule has 0 aliphatic heterocycles. The molecule has 5 nitrogen and oxygen atoms in total. The van der Waals surface area contributed by atoms with E-state index >= 15 is 0 Å². The molecule has 0 bridgehead atoms. The molecule has 0 spiro atoms. The van der Waals surface area contributed by atoms with Gasteiger partial charge in [0.25, 0.3) is 0 Å². The van der Waals surface area contributed by atoms with Crippen molar-refractivity contribution in [1.29, 1.82) is 0 Å². The van der Waals surface area contributed by atoms with Crippen molar-refractivity contribution in [3.05, 3.63) is 0 Å². The maximum Gasteiger partial charge on any atom is 0.325 e. The highest BCUT2D eigenvalue weighted by molar-refractivity contribution is 7.85. The Morgan fingerprint density at radius 3 is 2.39 bits per heavy atom. The SMILES string of the molecule is C[C@H]1C/C(=N\OS(C)(=O)=O)C[C@@H]2CC[C@@H]3[C@H](CC[C@@]4(C)[C@H]3CC[C@]4(C)O)[C@]21C. The van der Waals surface area contributed by atoms with Gasteiger partial charge in [-0.1, -0.05) is 25.9 Å². The summed E-state index contributed by atoms with van der Waals surface area (Å²) in [4.78, 5) is 0. The Morgan fingerprint density at radius 2 is 1.71 bits per heavy atom. The smallest absolute Gasteiger partial charge is 0.325 e. The van der Waals surface area contributed by atoms with E-state index in [2.05, 4.69) is 32.9 Å². The van der Waals surface area contributed by atoms with E-state index in [1.807, 2.05) is 0 Å². The topological polar surface area (TPSA) is 76.0 Å². The molecule has 8 atom stereocenters. The van der Waals surface area contributed by atoms with Gasteiger partial charge in [0.15, 0.2) is 0 Å². The third-order valence-corrected chi connectivity index (χ3v) is 10.3. The summed E-state index contributed by atoms with van der Waals surface area (Å²) in [5.74, 6) is 3.06. The summed E-state index contributed by atoms with van der Waals surface area (Å²) in [5.41, 5.74) is 0.707. The second-order valence-corrected chi connectivity index (χ2v) is 12.6. The van der Waals surface area contributed by atoms with Gasteiger partial charge in [-0.2, -0.15) is 8.42 Å². The first-order valence-corrected chi connectivity index (χ1v) is 12.9. The van der Waals surface area contributed by atoms with Crippen LogP contribution in [0.5, 0.6) is 0 Å². The van der Waals surface area contributed by atoms with E-state index in [-0.39, 0.29) is 10.8 Å². The summed E-state index contributed by atoms with van der Waals surface area (Å²) < 4.78 is 27.4. The van der Waals surface area contributed by atoms with Gasteiger partial charge in [0.2, 0.25) is 0 Å². The molecule has 160 valence electrons. The van der Waals surface area contributed by atoms with Gasteiger partial charge in [0.05, 0.1) is 17.6 Å². The molecule has 6 heteroatoms. The van der Waals surface area contributed by atoms with E-state index in [1.165, 1.54) is 19.3 Å². The Kier molecular flexibility index (Phi) is 4.75. The monoisotopic (exact) mass is 411 g/mol. The van der Waals surface area contributed by atoms with E-state index in [4.69, 9.17) is 4.28 Å². The standard InChI is InChI=1S/C22H37NO4S/c1-14-12-16(23-27-28(5,25)26)13-15-6-7-17-18-9-11-21(3,24)20(18,2)10-8-19(17)22(14,15)4/h14-15,17-19,24H,6-13H2,1-5H3/b23-16+/t14-,15-,17-,18-,19-,20-,21-,22-/m0/s1. The predicted octanol–water partition coefficient (Wildman–Crippen LogP) is 4.36. The van der Waals surface area contributed by atoms with Gasteiger partial charge in [-0.15, -0.1) is 0 Å². The van der Waals surface area contributed by atoms with Crippen LogP contribution in [0.25, 0.3) is 0 Å². The normalized spacial score (nSPS) is 52.6. The minimum atomic E-state index is -3.54. The summed E-state index contributed by atoms with van der Waals surface area (Å²) in [6.07, 6.45) is 9.57. The minimum absolute atomic E-state index is 0.0607. The highest BCUT2D eigenvalue weighted by atomic mass is 32.2. The van der Waals surface area contributed by atoms with Crippen LogP contribution in [0.1, 0.15) is 79.1 Å². The molecule has 4 fully saturated rings. The lowest BCUT2D eigenvalue weighted by molar-refractivity contribution is -0.151. The molecule has 0 amide bonds. The molecule has 4 aliphatic rings. The maximum atomic E-state index is 11.3. The van der Waals surface area contributed by atoms with Crippen LogP contribution < -0.4 is 0 Å². The molecular formula is C22H37NO4S. The fourth-order valence-electron chi connectivity index (χ4n) is 7.94. The van der Waals surface area contributed by atoms with Gasteiger partial charge in [-0.25, -0.2) is 0 Å². The first-order chi connectivity index (χ1) is 12.9. The van der Waals surface area contributed by atoms with Crippen molar-refractivity contribution in [3.63, 3.8) is 0 Å². The third kappa shape index (κ3) is 2.96. The number of rotatable bonds is 2. The fourth-order valence-corrected chi connectivity index (χ4v) is 8.18. The largest absolute Gasteiger partial charge is 0.390 e. The molecule has 4 saturated carbocycles. The summed E-state index contributed by atoms with van der Waals surface area (Å²) in [5, 5.41) is 15.1. The minimum Gasteiger partial charge on any atom is -0.390 e. The van der Waals surface area contributed by atoms with Crippen LogP contribution in [0.2, 0.25) is 0 Å². The lowest BCUT2D eigenvalue weighted by atomic mass is 9.42. The van der Waals surface area contributed by atoms with Gasteiger partial charge in [-0.05, 0) is 98.7 Å². The highest BCUT2D eigenvalue weighted by Gasteiger charge is 2.64. The molecule has 1 N–H and O–H groups in total. The zero-order valence-corrected chi connectivity index (χ0v) is 18.9. The molecule has 0 unspecified atom stereocenters. The van der Waals surface area contributed by atoms with Crippen LogP contribution in [0, 0.1) is 40.4 Å². The lowest BCUT2D eigenvalue weighted by Crippen LogP contribution is -2.58. The molecule has 0 saturated heterocycles. The van der Waals surface area contributed by atoms with Crippen LogP contribution in [-0.2, 0) is 14.4 Å². The van der Waals surface area contributed by atoms with Crippen LogP contribution in [0.3, 0.4) is 0 Å². The second-order valence-electron chi connectivity index (χ2n) is 11.0. The van der Waals surface area contributed by atoms with Crippen LogP contribution in [0.15, 0.2) is 5.16 Å². The van der Waals surface area contributed by atoms with Crippen molar-refractivity contribution in [2.24, 2.45) is 45.6 Å². The van der Waals surface area contributed by atoms with E-state index in [0.29, 0.717) is 29.6 Å². The van der Waals surface area contributed by atoms with E-state index in [9.17, 15) is 13.5 Å². The summed E-state index contributed by atoms with van der Waals surface area (Å²) in [6, 6.07) is 0. The molecule has 0 aromatic carbocycles. The van der Waals surface area contributed by atoms with Crippen LogP contribution in [0.4, 0.5) is 0 Å². The Balaban J connectivity index is 1.59. The highest BCUT2D eigenvalue weighted by Crippen LogP contribution is 2.68.